The summed E-state index contributed by atoms with van der Waals surface area (Å²) < 4.78 is 0. The maximum Gasteiger partial charge on any atom is 0.164 e. The smallest absolute Gasteiger partial charge is 0.164 e. The first-order valence-corrected chi connectivity index (χ1v) is 16.2. The number of fused-ring (bicyclic) bond motifs is 2. The summed E-state index contributed by atoms with van der Waals surface area (Å²) in [5, 5.41) is 3.53. The molecule has 0 fully saturated rings. The van der Waals surface area contributed by atoms with Gasteiger partial charge in [-0.3, -0.25) is 4.98 Å². The molecule has 0 saturated carbocycles. The number of aryl methyl sites for hydroxylation is 1. The van der Waals surface area contributed by atoms with E-state index >= 15 is 0 Å². The molecule has 0 amide bonds. The van der Waals surface area contributed by atoms with E-state index in [4.69, 9.17) is 19.9 Å². The van der Waals surface area contributed by atoms with E-state index in [0.717, 1.165) is 49.8 Å². The summed E-state index contributed by atoms with van der Waals surface area (Å²) in [5.74, 6) is 1.89. The van der Waals surface area contributed by atoms with Crippen LogP contribution in [0, 0.1) is 6.92 Å². The van der Waals surface area contributed by atoms with Crippen molar-refractivity contribution in [3.05, 3.63) is 163 Å². The van der Waals surface area contributed by atoms with E-state index in [9.17, 15) is 0 Å². The average molecular weight is 617 g/mol. The van der Waals surface area contributed by atoms with Gasteiger partial charge >= 0.3 is 0 Å². The Labute approximate surface area is 280 Å². The Hall–Kier alpha value is -6.26. The normalized spacial score (nSPS) is 11.5. The van der Waals surface area contributed by atoms with Gasteiger partial charge in [-0.1, -0.05) is 121 Å². The van der Waals surface area contributed by atoms with Gasteiger partial charge < -0.3 is 0 Å². The summed E-state index contributed by atoms with van der Waals surface area (Å²) in [6.45, 7) is 4.23. The molecule has 0 atom stereocenters. The molecular weight excluding hydrogens is 585 g/mol. The monoisotopic (exact) mass is 616 g/mol. The number of pyridine rings is 1. The van der Waals surface area contributed by atoms with Crippen LogP contribution in [0.5, 0.6) is 0 Å². The van der Waals surface area contributed by atoms with Crippen LogP contribution in [0.25, 0.3) is 84.2 Å². The molecule has 0 aliphatic rings. The lowest BCUT2D eigenvalue weighted by Crippen LogP contribution is -2.00. The van der Waals surface area contributed by atoms with Crippen molar-refractivity contribution < 1.29 is 0 Å². The highest BCUT2D eigenvalue weighted by molar-refractivity contribution is 5.97. The average Bonchev–Trinajstić information content (AvgIpc) is 3.16. The first-order chi connectivity index (χ1) is 23.6. The highest BCUT2D eigenvalue weighted by Gasteiger charge is 2.16. The van der Waals surface area contributed by atoms with Crippen molar-refractivity contribution in [1.82, 2.24) is 19.9 Å². The number of benzene rings is 6. The fourth-order valence-electron chi connectivity index (χ4n) is 6.38. The molecule has 0 aliphatic heterocycles. The van der Waals surface area contributed by atoms with Gasteiger partial charge in [0, 0.05) is 33.8 Å². The molecule has 48 heavy (non-hydrogen) atoms. The Balaban J connectivity index is 1.38. The molecule has 0 aliphatic carbocycles. The van der Waals surface area contributed by atoms with Crippen LogP contribution in [0.3, 0.4) is 0 Å². The fraction of sp³-hybridized carbons (Fsp3) is 0.0455. The van der Waals surface area contributed by atoms with Gasteiger partial charge in [0.05, 0.1) is 5.52 Å². The number of rotatable bonds is 6. The molecule has 8 aromatic rings. The Morgan fingerprint density at radius 1 is 0.479 bits per heavy atom. The van der Waals surface area contributed by atoms with Gasteiger partial charge in [0.25, 0.3) is 0 Å². The standard InChI is InChI=1S/C44H32N4/c1-3-12-38-29(2)20-21-34-25-33(22-23-39(34)38)35-26-36(40-19-10-17-30-18-11-24-45-41(30)40)28-37(27-35)44-47-42(31-13-6-4-7-14-31)46-43(48-44)32-15-8-5-9-16-32/h3-28H,1-2H3/b12-3-. The minimum atomic E-state index is 0.616. The van der Waals surface area contributed by atoms with Gasteiger partial charge in [-0.2, -0.15) is 0 Å². The van der Waals surface area contributed by atoms with Crippen LogP contribution in [0.2, 0.25) is 0 Å². The number of nitrogens with zero attached hydrogens (tertiary/aromatic N) is 4. The molecule has 2 heterocycles. The third kappa shape index (κ3) is 5.54. The molecule has 228 valence electrons. The summed E-state index contributed by atoms with van der Waals surface area (Å²) in [6, 6.07) is 48.4. The molecule has 0 bridgehead atoms. The topological polar surface area (TPSA) is 51.6 Å². The van der Waals surface area contributed by atoms with Gasteiger partial charge in [-0.05, 0) is 82.8 Å². The van der Waals surface area contributed by atoms with Crippen molar-refractivity contribution in [2.45, 2.75) is 13.8 Å². The zero-order chi connectivity index (χ0) is 32.5. The van der Waals surface area contributed by atoms with Crippen LogP contribution < -0.4 is 0 Å². The molecule has 0 spiro atoms. The van der Waals surface area contributed by atoms with Crippen molar-refractivity contribution in [1.29, 1.82) is 0 Å². The van der Waals surface area contributed by atoms with E-state index in [1.165, 1.54) is 21.9 Å². The maximum atomic E-state index is 5.08. The second-order valence-electron chi connectivity index (χ2n) is 12.0. The summed E-state index contributed by atoms with van der Waals surface area (Å²) in [6.07, 6.45) is 6.15. The molecule has 4 heteroatoms. The van der Waals surface area contributed by atoms with Gasteiger partial charge in [0.15, 0.2) is 17.5 Å². The van der Waals surface area contributed by atoms with Crippen LogP contribution in [0.4, 0.5) is 0 Å². The second-order valence-corrected chi connectivity index (χ2v) is 12.0. The molecule has 4 nitrogen and oxygen atoms in total. The van der Waals surface area contributed by atoms with Crippen LogP contribution in [0.15, 0.2) is 152 Å². The summed E-state index contributed by atoms with van der Waals surface area (Å²) in [7, 11) is 0. The zero-order valence-corrected chi connectivity index (χ0v) is 26.8. The Kier molecular flexibility index (Phi) is 7.60. The molecule has 0 unspecified atom stereocenters. The van der Waals surface area contributed by atoms with Crippen molar-refractivity contribution in [2.75, 3.05) is 0 Å². The van der Waals surface area contributed by atoms with E-state index < -0.39 is 0 Å². The van der Waals surface area contributed by atoms with Crippen LogP contribution in [0.1, 0.15) is 18.1 Å². The van der Waals surface area contributed by atoms with Gasteiger partial charge in [-0.25, -0.2) is 15.0 Å². The number of para-hydroxylation sites is 1. The quantitative estimate of drug-likeness (QED) is 0.186. The third-order valence-electron chi connectivity index (χ3n) is 8.78. The van der Waals surface area contributed by atoms with Gasteiger partial charge in [0.2, 0.25) is 0 Å². The molecule has 8 rings (SSSR count). The minimum absolute atomic E-state index is 0.616. The summed E-state index contributed by atoms with van der Waals surface area (Å²) in [5.41, 5.74) is 10.6. The Bertz CT molecular complexity index is 2400. The van der Waals surface area contributed by atoms with E-state index in [0.29, 0.717) is 17.5 Å². The summed E-state index contributed by atoms with van der Waals surface area (Å²) in [4.78, 5) is 19.9. The predicted molar refractivity (Wildman–Crippen MR) is 199 cm³/mol. The fourth-order valence-corrected chi connectivity index (χ4v) is 6.38. The largest absolute Gasteiger partial charge is 0.256 e. The first kappa shape index (κ1) is 29.2. The molecule has 0 saturated heterocycles. The zero-order valence-electron chi connectivity index (χ0n) is 26.8. The Morgan fingerprint density at radius 2 is 1.12 bits per heavy atom. The maximum absolute atomic E-state index is 5.08. The Morgan fingerprint density at radius 3 is 1.83 bits per heavy atom. The molecule has 2 aromatic heterocycles. The van der Waals surface area contributed by atoms with Gasteiger partial charge in [-0.15, -0.1) is 0 Å². The van der Waals surface area contributed by atoms with Crippen molar-refractivity contribution in [3.8, 4) is 56.4 Å². The van der Waals surface area contributed by atoms with Crippen LogP contribution in [-0.4, -0.2) is 19.9 Å². The van der Waals surface area contributed by atoms with E-state index in [1.807, 2.05) is 72.9 Å². The summed E-state index contributed by atoms with van der Waals surface area (Å²) >= 11 is 0. The van der Waals surface area contributed by atoms with Crippen molar-refractivity contribution in [2.24, 2.45) is 0 Å². The van der Waals surface area contributed by atoms with E-state index in [2.05, 4.69) is 98.8 Å². The highest BCUT2D eigenvalue weighted by Crippen LogP contribution is 2.37. The lowest BCUT2D eigenvalue weighted by molar-refractivity contribution is 1.07. The van der Waals surface area contributed by atoms with Gasteiger partial charge in [0.1, 0.15) is 0 Å². The second kappa shape index (κ2) is 12.5. The SMILES string of the molecule is C/C=C\c1c(C)ccc2cc(-c3cc(-c4nc(-c5ccccc5)nc(-c5ccccc5)n4)cc(-c4cccc5cccnc45)c3)ccc12. The number of allylic oxidation sites excluding steroid dienone is 1. The van der Waals surface area contributed by atoms with E-state index in [1.54, 1.807) is 0 Å². The van der Waals surface area contributed by atoms with Crippen molar-refractivity contribution in [3.63, 3.8) is 0 Å². The number of hydrogen-bond donors (Lipinski definition) is 0. The molecular formula is C44H32N4. The van der Waals surface area contributed by atoms with Crippen LogP contribution >= 0.6 is 0 Å². The molecule has 6 aromatic carbocycles. The molecule has 0 radical (unpaired) electrons. The third-order valence-corrected chi connectivity index (χ3v) is 8.78. The molecule has 0 N–H and O–H groups in total. The minimum Gasteiger partial charge on any atom is -0.256 e. The number of aromatic nitrogens is 4. The predicted octanol–water partition coefficient (Wildman–Crippen LogP) is 11.2. The number of hydrogen-bond acceptors (Lipinski definition) is 4. The highest BCUT2D eigenvalue weighted by atomic mass is 15.0. The lowest BCUT2D eigenvalue weighted by Gasteiger charge is -2.14. The lowest BCUT2D eigenvalue weighted by atomic mass is 9.92. The first-order valence-electron chi connectivity index (χ1n) is 16.2. The van der Waals surface area contributed by atoms with Crippen LogP contribution in [-0.2, 0) is 0 Å². The van der Waals surface area contributed by atoms with E-state index in [-0.39, 0.29) is 0 Å². The van der Waals surface area contributed by atoms with Crippen molar-refractivity contribution >= 4 is 27.8 Å².